The molecule has 0 radical (unpaired) electrons. The Morgan fingerprint density at radius 2 is 1.81 bits per heavy atom. The van der Waals surface area contributed by atoms with Crippen molar-refractivity contribution in [2.75, 3.05) is 19.6 Å². The van der Waals surface area contributed by atoms with Gasteiger partial charge in [0, 0.05) is 0 Å². The first kappa shape index (κ1) is 14.3. The van der Waals surface area contributed by atoms with Gasteiger partial charge in [-0.3, -0.25) is 0 Å². The Labute approximate surface area is 134 Å². The molecule has 0 spiro atoms. The summed E-state index contributed by atoms with van der Waals surface area (Å²) in [6.07, 6.45) is 5.64. The quantitative estimate of drug-likeness (QED) is 0.175. The van der Waals surface area contributed by atoms with Gasteiger partial charge in [0.1, 0.15) is 0 Å². The van der Waals surface area contributed by atoms with Crippen LogP contribution in [0.5, 0.6) is 0 Å². The van der Waals surface area contributed by atoms with Gasteiger partial charge in [-0.2, -0.15) is 0 Å². The van der Waals surface area contributed by atoms with Crippen molar-refractivity contribution in [3.63, 3.8) is 0 Å². The van der Waals surface area contributed by atoms with E-state index in [1.54, 1.807) is 0 Å². The molecule has 0 bridgehead atoms. The van der Waals surface area contributed by atoms with E-state index < -0.39 is 21.2 Å². The molecule has 4 fully saturated rings. The average Bonchev–Trinajstić information content (AvgIpc) is 3.34. The number of nitrogens with one attached hydrogen (secondary N) is 1. The summed E-state index contributed by atoms with van der Waals surface area (Å²) >= 11 is -1.31. The first-order valence-electron chi connectivity index (χ1n) is 7.99. The Morgan fingerprint density at radius 1 is 1.05 bits per heavy atom. The van der Waals surface area contributed by atoms with E-state index in [1.807, 2.05) is 0 Å². The molecule has 2 saturated heterocycles. The van der Waals surface area contributed by atoms with E-state index in [0.29, 0.717) is 22.4 Å². The molecule has 1 N–H and O–H groups in total. The fourth-order valence-electron chi connectivity index (χ4n) is 4.21. The van der Waals surface area contributed by atoms with Crippen LogP contribution in [-0.4, -0.2) is 49.7 Å². The molecule has 0 aromatic rings. The molecule has 2 aliphatic carbocycles. The zero-order valence-electron chi connectivity index (χ0n) is 12.0. The zero-order chi connectivity index (χ0) is 14.6. The third-order valence-corrected chi connectivity index (χ3v) is 7.85. The van der Waals surface area contributed by atoms with E-state index in [0.717, 1.165) is 38.9 Å². The van der Waals surface area contributed by atoms with Crippen LogP contribution in [0.1, 0.15) is 32.1 Å². The van der Waals surface area contributed by atoms with Gasteiger partial charge in [-0.25, -0.2) is 0 Å². The summed E-state index contributed by atoms with van der Waals surface area (Å²) < 4.78 is 0.0967. The van der Waals surface area contributed by atoms with Crippen LogP contribution in [0.25, 0.3) is 0 Å². The third kappa shape index (κ3) is 2.39. The fraction of sp³-hybridized carbons (Fsp3) is 0.800. The number of hydrogen-bond acceptors (Lipinski definition) is 4. The third-order valence-electron chi connectivity index (χ3n) is 5.69. The summed E-state index contributed by atoms with van der Waals surface area (Å²) in [6, 6.07) is 0.259. The predicted molar refractivity (Wildman–Crippen MR) is 70.7 cm³/mol. The summed E-state index contributed by atoms with van der Waals surface area (Å²) in [5.41, 5.74) is 0. The Kier molecular flexibility index (Phi) is 3.46. The Hall–Kier alpha value is -0.340. The summed E-state index contributed by atoms with van der Waals surface area (Å²) in [5.74, 6) is 0.790. The number of halogens is 1. The molecule has 3 atom stereocenters. The summed E-state index contributed by atoms with van der Waals surface area (Å²) in [6.45, 7) is 2.55. The molecule has 0 aromatic carbocycles. The summed E-state index contributed by atoms with van der Waals surface area (Å²) in [7, 11) is 0. The van der Waals surface area contributed by atoms with Gasteiger partial charge in [0.05, 0.1) is 0 Å². The van der Waals surface area contributed by atoms with Crippen LogP contribution in [0.15, 0.2) is 0 Å². The second-order valence-electron chi connectivity index (χ2n) is 6.93. The van der Waals surface area contributed by atoms with Gasteiger partial charge in [0.15, 0.2) is 0 Å². The first-order valence-corrected chi connectivity index (χ1v) is 10.2. The first-order chi connectivity index (χ1) is 10.1. The van der Waals surface area contributed by atoms with Gasteiger partial charge in [-0.15, -0.1) is 0 Å². The molecule has 1 amide bonds. The Morgan fingerprint density at radius 3 is 2.48 bits per heavy atom. The van der Waals surface area contributed by atoms with Gasteiger partial charge < -0.3 is 0 Å². The van der Waals surface area contributed by atoms with Gasteiger partial charge in [0.2, 0.25) is 0 Å². The van der Waals surface area contributed by atoms with Gasteiger partial charge in [0.25, 0.3) is 0 Å². The normalized spacial score (nSPS) is 36.5. The molecule has 0 unspecified atom stereocenters. The number of rotatable bonds is 5. The molecule has 4 rings (SSSR count). The van der Waals surface area contributed by atoms with Crippen LogP contribution in [0.3, 0.4) is 0 Å². The molecule has 0 aromatic heterocycles. The van der Waals surface area contributed by atoms with Crippen molar-refractivity contribution >= 4 is 13.5 Å². The van der Waals surface area contributed by atoms with Crippen LogP contribution in [0.4, 0.5) is 0 Å². The van der Waals surface area contributed by atoms with Crippen molar-refractivity contribution in [1.82, 2.24) is 5.32 Å². The van der Waals surface area contributed by atoms with E-state index >= 15 is 0 Å². The van der Waals surface area contributed by atoms with Crippen molar-refractivity contribution in [2.24, 2.45) is 11.8 Å². The van der Waals surface area contributed by atoms with Crippen LogP contribution in [0.2, 0.25) is 0 Å². The number of hydrogen-bond donors (Lipinski definition) is 1. The second-order valence-corrected chi connectivity index (χ2v) is 9.51. The average molecular weight is 404 g/mol. The molecule has 2 aliphatic heterocycles. The second kappa shape index (κ2) is 5.09. The Bertz CT molecular complexity index is 513. The molecule has 5 nitrogen and oxygen atoms in total. The SMILES string of the molecule is O=C([I-]C(=O)[C@H]1NC[C@@H]2CCC[C@@H]21)C(=O)[N+]1(C2CC2)CC1. The molecular formula is C15H21IN2O3. The summed E-state index contributed by atoms with van der Waals surface area (Å²) in [4.78, 5) is 37.1. The van der Waals surface area contributed by atoms with Crippen molar-refractivity contribution in [1.29, 1.82) is 0 Å². The van der Waals surface area contributed by atoms with Crippen molar-refractivity contribution in [3.8, 4) is 0 Å². The molecule has 2 saturated carbocycles. The van der Waals surface area contributed by atoms with Crippen LogP contribution < -0.4 is 26.5 Å². The number of fused-ring (bicyclic) bond motifs is 1. The Balaban J connectivity index is 1.38. The minimum absolute atomic E-state index is 0.0531. The van der Waals surface area contributed by atoms with Gasteiger partial charge in [-0.1, -0.05) is 0 Å². The van der Waals surface area contributed by atoms with E-state index in [9.17, 15) is 14.4 Å². The van der Waals surface area contributed by atoms with E-state index in [-0.39, 0.29) is 19.5 Å². The van der Waals surface area contributed by atoms with Crippen molar-refractivity contribution in [3.05, 3.63) is 0 Å². The monoisotopic (exact) mass is 404 g/mol. The van der Waals surface area contributed by atoms with Crippen LogP contribution in [-0.2, 0) is 14.4 Å². The standard InChI is InChI=1S/C15H21IN2O3/c19-13(12-11-3-1-2-9(11)8-17-12)16-14(20)15(21)18(6-7-18)10-4-5-10/h9-12,17H,1-8H2/t9-,11-,12-/m0/s1. The number of carbonyl (C=O) groups is 3. The fourth-order valence-corrected chi connectivity index (χ4v) is 6.42. The molecule has 21 heavy (non-hydrogen) atoms. The molecular weight excluding hydrogens is 383 g/mol. The van der Waals surface area contributed by atoms with Crippen LogP contribution in [0, 0.1) is 11.8 Å². The molecule has 4 aliphatic rings. The topological polar surface area (TPSA) is 63.2 Å². The number of amides is 1. The van der Waals surface area contributed by atoms with E-state index in [1.165, 1.54) is 12.8 Å². The van der Waals surface area contributed by atoms with Gasteiger partial charge in [-0.05, 0) is 0 Å². The number of quaternary nitrogens is 1. The van der Waals surface area contributed by atoms with Gasteiger partial charge >= 0.3 is 135 Å². The maximum absolute atomic E-state index is 12.4. The van der Waals surface area contributed by atoms with Crippen molar-refractivity contribution < 1.29 is 40.1 Å². The predicted octanol–water partition coefficient (Wildman–Crippen LogP) is -2.96. The van der Waals surface area contributed by atoms with Crippen molar-refractivity contribution in [2.45, 2.75) is 44.2 Å². The summed E-state index contributed by atoms with van der Waals surface area (Å²) in [5, 5.41) is 3.30. The number of carbonyl (C=O) groups excluding carboxylic acids is 3. The zero-order valence-corrected chi connectivity index (χ0v) is 14.2. The molecule has 6 heteroatoms. The minimum atomic E-state index is -1.31. The maximum atomic E-state index is 12.4. The van der Waals surface area contributed by atoms with Crippen LogP contribution >= 0.6 is 0 Å². The number of nitrogens with zero attached hydrogens (tertiary/aromatic N) is 1. The molecule has 2 heterocycles. The molecule has 116 valence electrons. The van der Waals surface area contributed by atoms with E-state index in [2.05, 4.69) is 5.32 Å². The van der Waals surface area contributed by atoms with E-state index in [4.69, 9.17) is 0 Å².